The van der Waals surface area contributed by atoms with E-state index in [0.717, 1.165) is 0 Å². The van der Waals surface area contributed by atoms with Gasteiger partial charge in [-0.1, -0.05) is 11.6 Å². The third-order valence-electron chi connectivity index (χ3n) is 1.49. The van der Waals surface area contributed by atoms with Crippen LogP contribution in [0.3, 0.4) is 0 Å². The molecule has 0 spiro atoms. The lowest BCUT2D eigenvalue weighted by molar-refractivity contribution is -0.145. The number of epoxide rings is 1. The van der Waals surface area contributed by atoms with Gasteiger partial charge >= 0.3 is 5.97 Å². The maximum absolute atomic E-state index is 10.0. The lowest BCUT2D eigenvalue weighted by Gasteiger charge is -2.08. The van der Waals surface area contributed by atoms with Gasteiger partial charge in [-0.2, -0.15) is 0 Å². The van der Waals surface area contributed by atoms with E-state index in [1.807, 2.05) is 0 Å². The molecule has 14 heavy (non-hydrogen) atoms. The zero-order valence-electron chi connectivity index (χ0n) is 8.91. The van der Waals surface area contributed by atoms with E-state index in [2.05, 4.69) is 0 Å². The standard InChI is InChI=1S/C5H10O2.C4H7ClO2/c1-5(2,3)4(6)7;1-6-2-3-4(5)7-3/h1-3H3,(H,6,7);3-4H,2H2,1H3. The Bertz CT molecular complexity index is 188. The third kappa shape index (κ3) is 6.18. The molecule has 0 aromatic carbocycles. The van der Waals surface area contributed by atoms with E-state index in [1.54, 1.807) is 27.9 Å². The van der Waals surface area contributed by atoms with Crippen LogP contribution in [-0.2, 0) is 14.3 Å². The first-order valence-electron chi connectivity index (χ1n) is 4.31. The Balaban J connectivity index is 0.000000241. The van der Waals surface area contributed by atoms with Crippen molar-refractivity contribution in [3.63, 3.8) is 0 Å². The molecule has 1 rings (SSSR count). The predicted molar refractivity (Wildman–Crippen MR) is 53.5 cm³/mol. The maximum atomic E-state index is 10.0. The average molecular weight is 225 g/mol. The summed E-state index contributed by atoms with van der Waals surface area (Å²) < 4.78 is 9.52. The number of methoxy groups -OCH3 is 1. The molecular weight excluding hydrogens is 208 g/mol. The minimum absolute atomic E-state index is 0.0834. The molecule has 0 radical (unpaired) electrons. The summed E-state index contributed by atoms with van der Waals surface area (Å²) in [6.45, 7) is 5.61. The summed E-state index contributed by atoms with van der Waals surface area (Å²) in [6, 6.07) is 0. The van der Waals surface area contributed by atoms with Crippen LogP contribution in [0.15, 0.2) is 0 Å². The number of carbonyl (C=O) groups is 1. The molecule has 1 saturated heterocycles. The van der Waals surface area contributed by atoms with E-state index in [4.69, 9.17) is 26.2 Å². The Morgan fingerprint density at radius 3 is 2.00 bits per heavy atom. The van der Waals surface area contributed by atoms with E-state index < -0.39 is 11.4 Å². The largest absolute Gasteiger partial charge is 0.481 e. The van der Waals surface area contributed by atoms with Gasteiger partial charge in [0.05, 0.1) is 12.0 Å². The van der Waals surface area contributed by atoms with E-state index in [0.29, 0.717) is 6.61 Å². The van der Waals surface area contributed by atoms with Crippen molar-refractivity contribution >= 4 is 17.6 Å². The molecular formula is C9H17ClO4. The van der Waals surface area contributed by atoms with E-state index in [-0.39, 0.29) is 11.7 Å². The van der Waals surface area contributed by atoms with Crippen LogP contribution >= 0.6 is 11.6 Å². The highest BCUT2D eigenvalue weighted by atomic mass is 35.5. The summed E-state index contributed by atoms with van der Waals surface area (Å²) in [5.41, 5.74) is -0.667. The maximum Gasteiger partial charge on any atom is 0.308 e. The Morgan fingerprint density at radius 1 is 1.57 bits per heavy atom. The molecule has 1 fully saturated rings. The zero-order valence-corrected chi connectivity index (χ0v) is 9.67. The Hall–Kier alpha value is -0.320. The second kappa shape index (κ2) is 5.53. The van der Waals surface area contributed by atoms with Gasteiger partial charge in [-0.25, -0.2) is 0 Å². The van der Waals surface area contributed by atoms with Crippen LogP contribution in [0, 0.1) is 5.41 Å². The van der Waals surface area contributed by atoms with Crippen LogP contribution in [-0.4, -0.2) is 36.5 Å². The molecule has 0 aliphatic carbocycles. The SMILES string of the molecule is CC(C)(C)C(=O)O.COCC1OC1Cl. The van der Waals surface area contributed by atoms with Gasteiger partial charge in [-0.05, 0) is 20.8 Å². The molecule has 0 aromatic heterocycles. The first kappa shape index (κ1) is 13.7. The lowest BCUT2D eigenvalue weighted by atomic mass is 9.98. The van der Waals surface area contributed by atoms with Gasteiger partial charge in [0.1, 0.15) is 6.10 Å². The van der Waals surface area contributed by atoms with Gasteiger partial charge in [0.25, 0.3) is 0 Å². The molecule has 0 saturated carbocycles. The number of halogens is 1. The summed E-state index contributed by atoms with van der Waals surface area (Å²) in [7, 11) is 1.63. The number of carboxylic acid groups (broad SMARTS) is 1. The zero-order chi connectivity index (χ0) is 11.4. The smallest absolute Gasteiger partial charge is 0.308 e. The molecule has 0 amide bonds. The molecule has 84 valence electrons. The first-order chi connectivity index (χ1) is 6.29. The monoisotopic (exact) mass is 224 g/mol. The van der Waals surface area contributed by atoms with E-state index in [1.165, 1.54) is 0 Å². The van der Waals surface area contributed by atoms with Crippen molar-refractivity contribution in [1.82, 2.24) is 0 Å². The minimum Gasteiger partial charge on any atom is -0.481 e. The molecule has 1 aliphatic heterocycles. The summed E-state index contributed by atoms with van der Waals surface area (Å²) in [5, 5.41) is 8.25. The van der Waals surface area contributed by atoms with Crippen molar-refractivity contribution in [3.05, 3.63) is 0 Å². The number of hydrogen-bond acceptors (Lipinski definition) is 3. The van der Waals surface area contributed by atoms with Crippen LogP contribution in [0.25, 0.3) is 0 Å². The fourth-order valence-corrected chi connectivity index (χ4v) is 0.606. The summed E-state index contributed by atoms with van der Waals surface area (Å²) >= 11 is 5.43. The minimum atomic E-state index is -0.757. The van der Waals surface area contributed by atoms with Crippen LogP contribution in [0.2, 0.25) is 0 Å². The molecule has 1 heterocycles. The average Bonchev–Trinajstić information content (AvgIpc) is 2.66. The van der Waals surface area contributed by atoms with Gasteiger partial charge in [0.15, 0.2) is 5.56 Å². The van der Waals surface area contributed by atoms with Gasteiger partial charge in [0, 0.05) is 7.11 Å². The normalized spacial score (nSPS) is 24.9. The number of hydrogen-bond donors (Lipinski definition) is 1. The fraction of sp³-hybridized carbons (Fsp3) is 0.889. The highest BCUT2D eigenvalue weighted by Crippen LogP contribution is 2.25. The van der Waals surface area contributed by atoms with Crippen molar-refractivity contribution in [2.75, 3.05) is 13.7 Å². The van der Waals surface area contributed by atoms with E-state index in [9.17, 15) is 4.79 Å². The van der Waals surface area contributed by atoms with Gasteiger partial charge in [-0.15, -0.1) is 0 Å². The van der Waals surface area contributed by atoms with E-state index >= 15 is 0 Å². The van der Waals surface area contributed by atoms with Gasteiger partial charge in [-0.3, -0.25) is 4.79 Å². The van der Waals surface area contributed by atoms with Crippen molar-refractivity contribution in [1.29, 1.82) is 0 Å². The Labute approximate surface area is 89.1 Å². The Kier molecular flexibility index (Phi) is 5.41. The number of alkyl halides is 1. The van der Waals surface area contributed by atoms with Crippen LogP contribution in [0.4, 0.5) is 0 Å². The molecule has 0 bridgehead atoms. The molecule has 2 unspecified atom stereocenters. The van der Waals surface area contributed by atoms with Crippen molar-refractivity contribution in [3.8, 4) is 0 Å². The molecule has 4 nitrogen and oxygen atoms in total. The Morgan fingerprint density at radius 2 is 1.93 bits per heavy atom. The summed E-state index contributed by atoms with van der Waals surface area (Å²) in [6.07, 6.45) is 0.159. The van der Waals surface area contributed by atoms with Gasteiger partial charge < -0.3 is 14.6 Å². The topological polar surface area (TPSA) is 59.1 Å². The van der Waals surface area contributed by atoms with Crippen molar-refractivity contribution in [2.24, 2.45) is 5.41 Å². The summed E-state index contributed by atoms with van der Waals surface area (Å²) in [5.74, 6) is -0.757. The lowest BCUT2D eigenvalue weighted by Crippen LogP contribution is -2.18. The summed E-state index contributed by atoms with van der Waals surface area (Å²) in [4.78, 5) is 10.0. The van der Waals surface area contributed by atoms with Gasteiger partial charge in [0.2, 0.25) is 0 Å². The van der Waals surface area contributed by atoms with Crippen LogP contribution in [0.5, 0.6) is 0 Å². The fourth-order valence-electron chi connectivity index (χ4n) is 0.401. The molecule has 1 N–H and O–H groups in total. The second-order valence-electron chi connectivity index (χ2n) is 4.04. The van der Waals surface area contributed by atoms with Crippen molar-refractivity contribution < 1.29 is 19.4 Å². The molecule has 2 atom stereocenters. The number of rotatable bonds is 2. The third-order valence-corrected chi connectivity index (χ3v) is 1.88. The molecule has 0 aromatic rings. The number of carboxylic acids is 1. The highest BCUT2D eigenvalue weighted by Gasteiger charge is 2.36. The van der Waals surface area contributed by atoms with Crippen LogP contribution in [0.1, 0.15) is 20.8 Å². The first-order valence-corrected chi connectivity index (χ1v) is 4.74. The molecule has 5 heteroatoms. The second-order valence-corrected chi connectivity index (χ2v) is 4.47. The predicted octanol–water partition coefficient (Wildman–Crippen LogP) is 1.71. The van der Waals surface area contributed by atoms with Crippen molar-refractivity contribution in [2.45, 2.75) is 32.4 Å². The quantitative estimate of drug-likeness (QED) is 0.573. The highest BCUT2D eigenvalue weighted by molar-refractivity contribution is 6.21. The number of aliphatic carboxylic acids is 1. The molecule has 1 aliphatic rings. The van der Waals surface area contributed by atoms with Crippen LogP contribution < -0.4 is 0 Å². The number of ether oxygens (including phenoxy) is 2.